The van der Waals surface area contributed by atoms with E-state index >= 15 is 0 Å². The molecule has 0 radical (unpaired) electrons. The van der Waals surface area contributed by atoms with E-state index in [1.807, 2.05) is 0 Å². The van der Waals surface area contributed by atoms with Crippen molar-refractivity contribution >= 4 is 21.4 Å². The van der Waals surface area contributed by atoms with Crippen LogP contribution in [0.4, 0.5) is 10.1 Å². The van der Waals surface area contributed by atoms with E-state index in [9.17, 15) is 17.6 Å². The Labute approximate surface area is 92.4 Å². The van der Waals surface area contributed by atoms with Crippen molar-refractivity contribution in [3.63, 3.8) is 0 Å². The molecule has 0 heterocycles. The van der Waals surface area contributed by atoms with E-state index in [2.05, 4.69) is 5.32 Å². The van der Waals surface area contributed by atoms with Crippen LogP contribution < -0.4 is 11.1 Å². The Morgan fingerprint density at radius 3 is 2.62 bits per heavy atom. The van der Waals surface area contributed by atoms with Gasteiger partial charge in [0.25, 0.3) is 0 Å². The maximum absolute atomic E-state index is 13.6. The van der Waals surface area contributed by atoms with Gasteiger partial charge < -0.3 is 11.1 Å². The Hall–Kier alpha value is -1.63. The van der Waals surface area contributed by atoms with Crippen molar-refractivity contribution in [1.29, 1.82) is 0 Å². The summed E-state index contributed by atoms with van der Waals surface area (Å²) in [5.41, 5.74) is 4.80. The van der Waals surface area contributed by atoms with Crippen molar-refractivity contribution in [3.8, 4) is 0 Å². The third-order valence-corrected chi connectivity index (χ3v) is 2.93. The second-order valence-electron chi connectivity index (χ2n) is 3.21. The fraction of sp³-hybridized carbons (Fsp3) is 0.222. The molecule has 0 aromatic heterocycles. The first kappa shape index (κ1) is 12.4. The summed E-state index contributed by atoms with van der Waals surface area (Å²) in [6.07, 6.45) is 0.906. The first-order valence-electron chi connectivity index (χ1n) is 4.33. The molecule has 0 aliphatic carbocycles. The summed E-state index contributed by atoms with van der Waals surface area (Å²) in [5, 5.41) is 2.41. The summed E-state index contributed by atoms with van der Waals surface area (Å²) in [4.78, 5) is 10.1. The molecular formula is C9H11FN2O3S. The predicted octanol–water partition coefficient (Wildman–Crippen LogP) is 0.126. The maximum atomic E-state index is 13.6. The molecule has 1 aromatic carbocycles. The van der Waals surface area contributed by atoms with E-state index < -0.39 is 26.5 Å². The minimum absolute atomic E-state index is 0.0678. The molecule has 0 saturated carbocycles. The van der Waals surface area contributed by atoms with Crippen LogP contribution in [-0.4, -0.2) is 27.1 Å². The van der Waals surface area contributed by atoms with E-state index in [1.165, 1.54) is 12.1 Å². The summed E-state index contributed by atoms with van der Waals surface area (Å²) in [7, 11) is -3.63. The van der Waals surface area contributed by atoms with Crippen LogP contribution in [0, 0.1) is 5.82 Å². The van der Waals surface area contributed by atoms with Crippen LogP contribution in [0.1, 0.15) is 0 Å². The Morgan fingerprint density at radius 1 is 1.50 bits per heavy atom. The van der Waals surface area contributed by atoms with Gasteiger partial charge >= 0.3 is 0 Å². The van der Waals surface area contributed by atoms with Gasteiger partial charge in [-0.2, -0.15) is 0 Å². The van der Waals surface area contributed by atoms with Gasteiger partial charge in [0.15, 0.2) is 15.7 Å². The number of primary amides is 1. The lowest BCUT2D eigenvalue weighted by atomic mass is 10.3. The predicted molar refractivity (Wildman–Crippen MR) is 57.2 cm³/mol. The third kappa shape index (κ3) is 2.93. The van der Waals surface area contributed by atoms with E-state index in [1.54, 1.807) is 0 Å². The van der Waals surface area contributed by atoms with Crippen molar-refractivity contribution in [2.24, 2.45) is 5.73 Å². The van der Waals surface area contributed by atoms with Gasteiger partial charge in [-0.25, -0.2) is 12.8 Å². The quantitative estimate of drug-likeness (QED) is 0.790. The van der Waals surface area contributed by atoms with Gasteiger partial charge in [0.05, 0.1) is 12.2 Å². The van der Waals surface area contributed by atoms with E-state index in [-0.39, 0.29) is 12.2 Å². The van der Waals surface area contributed by atoms with E-state index in [0.29, 0.717) is 0 Å². The summed E-state index contributed by atoms with van der Waals surface area (Å²) in [6.45, 7) is -0.260. The van der Waals surface area contributed by atoms with Crippen LogP contribution in [0.5, 0.6) is 0 Å². The number of carbonyl (C=O) groups is 1. The highest BCUT2D eigenvalue weighted by atomic mass is 32.2. The van der Waals surface area contributed by atoms with Crippen LogP contribution in [0.2, 0.25) is 0 Å². The molecular weight excluding hydrogens is 235 g/mol. The van der Waals surface area contributed by atoms with Crippen molar-refractivity contribution in [3.05, 3.63) is 24.0 Å². The van der Waals surface area contributed by atoms with Crippen LogP contribution in [0.15, 0.2) is 23.1 Å². The van der Waals surface area contributed by atoms with E-state index in [0.717, 1.165) is 12.3 Å². The van der Waals surface area contributed by atoms with Gasteiger partial charge in [-0.1, -0.05) is 6.07 Å². The number of carbonyl (C=O) groups excluding carboxylic acids is 1. The SMILES string of the molecule is CS(=O)(=O)c1cccc(NCC(N)=O)c1F. The monoisotopic (exact) mass is 246 g/mol. The number of hydrogen-bond acceptors (Lipinski definition) is 4. The molecule has 3 N–H and O–H groups in total. The average molecular weight is 246 g/mol. The number of anilines is 1. The first-order chi connectivity index (χ1) is 7.32. The zero-order valence-corrected chi connectivity index (χ0v) is 9.34. The molecule has 1 amide bonds. The topological polar surface area (TPSA) is 89.3 Å². The molecule has 0 atom stereocenters. The van der Waals surface area contributed by atoms with Crippen molar-refractivity contribution < 1.29 is 17.6 Å². The van der Waals surface area contributed by atoms with E-state index in [4.69, 9.17) is 5.73 Å². The number of benzene rings is 1. The Kier molecular flexibility index (Phi) is 3.48. The molecule has 0 aliphatic rings. The smallest absolute Gasteiger partial charge is 0.236 e. The normalized spacial score (nSPS) is 11.1. The number of rotatable bonds is 4. The number of hydrogen-bond donors (Lipinski definition) is 2. The van der Waals surface area contributed by atoms with Crippen LogP contribution in [-0.2, 0) is 14.6 Å². The number of nitrogens with one attached hydrogen (secondary N) is 1. The lowest BCUT2D eigenvalue weighted by Gasteiger charge is -2.08. The summed E-state index contributed by atoms with van der Waals surface area (Å²) in [6, 6.07) is 3.86. The number of nitrogens with two attached hydrogens (primary N) is 1. The number of sulfone groups is 1. The second-order valence-corrected chi connectivity index (χ2v) is 5.19. The number of amides is 1. The molecule has 16 heavy (non-hydrogen) atoms. The zero-order chi connectivity index (χ0) is 12.3. The van der Waals surface area contributed by atoms with Crippen molar-refractivity contribution in [1.82, 2.24) is 0 Å². The molecule has 1 aromatic rings. The molecule has 5 nitrogen and oxygen atoms in total. The molecule has 88 valence electrons. The summed E-state index contributed by atoms with van der Waals surface area (Å²) < 4.78 is 36.0. The fourth-order valence-electron chi connectivity index (χ4n) is 1.12. The largest absolute Gasteiger partial charge is 0.374 e. The minimum atomic E-state index is -3.63. The molecule has 7 heteroatoms. The highest BCUT2D eigenvalue weighted by Gasteiger charge is 2.16. The molecule has 0 bridgehead atoms. The third-order valence-electron chi connectivity index (χ3n) is 1.82. The summed E-state index contributed by atoms with van der Waals surface area (Å²) in [5.74, 6) is -1.57. The fourth-order valence-corrected chi connectivity index (χ4v) is 1.88. The lowest BCUT2D eigenvalue weighted by molar-refractivity contribution is -0.116. The van der Waals surface area contributed by atoms with Gasteiger partial charge in [0.1, 0.15) is 4.90 Å². The highest BCUT2D eigenvalue weighted by molar-refractivity contribution is 7.90. The Balaban J connectivity index is 3.10. The highest BCUT2D eigenvalue weighted by Crippen LogP contribution is 2.21. The standard InChI is InChI=1S/C9H11FN2O3S/c1-16(14,15)7-4-2-3-6(9(7)10)12-5-8(11)13/h2-4,12H,5H2,1H3,(H2,11,13). The maximum Gasteiger partial charge on any atom is 0.236 e. The molecule has 0 spiro atoms. The van der Waals surface area contributed by atoms with Crippen molar-refractivity contribution in [2.75, 3.05) is 18.1 Å². The van der Waals surface area contributed by atoms with Crippen LogP contribution in [0.25, 0.3) is 0 Å². The second kappa shape index (κ2) is 4.48. The average Bonchev–Trinajstić information content (AvgIpc) is 2.14. The van der Waals surface area contributed by atoms with Crippen LogP contribution >= 0.6 is 0 Å². The minimum Gasteiger partial charge on any atom is -0.374 e. The van der Waals surface area contributed by atoms with Gasteiger partial charge in [-0.3, -0.25) is 4.79 Å². The Bertz CT molecular complexity index is 513. The van der Waals surface area contributed by atoms with Crippen LogP contribution in [0.3, 0.4) is 0 Å². The molecule has 0 unspecified atom stereocenters. The molecule has 0 fully saturated rings. The lowest BCUT2D eigenvalue weighted by Crippen LogP contribution is -2.22. The molecule has 0 aliphatic heterocycles. The van der Waals surface area contributed by atoms with Gasteiger partial charge in [-0.15, -0.1) is 0 Å². The van der Waals surface area contributed by atoms with Gasteiger partial charge in [-0.05, 0) is 12.1 Å². The van der Waals surface area contributed by atoms with Gasteiger partial charge in [0.2, 0.25) is 5.91 Å². The zero-order valence-electron chi connectivity index (χ0n) is 8.53. The first-order valence-corrected chi connectivity index (χ1v) is 6.22. The molecule has 0 saturated heterocycles. The number of halogens is 1. The van der Waals surface area contributed by atoms with Gasteiger partial charge in [0, 0.05) is 6.26 Å². The Morgan fingerprint density at radius 2 is 2.12 bits per heavy atom. The summed E-state index contributed by atoms with van der Waals surface area (Å²) >= 11 is 0. The molecule has 1 rings (SSSR count). The van der Waals surface area contributed by atoms with Crippen molar-refractivity contribution in [2.45, 2.75) is 4.90 Å².